The zero-order valence-corrected chi connectivity index (χ0v) is 15.8. The highest BCUT2D eigenvalue weighted by Crippen LogP contribution is 2.36. The van der Waals surface area contributed by atoms with Crippen LogP contribution in [-0.2, 0) is 11.2 Å². The van der Waals surface area contributed by atoms with Gasteiger partial charge in [0.05, 0.1) is 20.8 Å². The van der Waals surface area contributed by atoms with Crippen LogP contribution in [0, 0.1) is 0 Å². The van der Waals surface area contributed by atoms with Crippen molar-refractivity contribution in [2.45, 2.75) is 37.0 Å². The number of hydrogen-bond acceptors (Lipinski definition) is 6. The quantitative estimate of drug-likeness (QED) is 0.695. The Balaban J connectivity index is 1.89. The fourth-order valence-corrected chi connectivity index (χ4v) is 3.43. The average Bonchev–Trinajstić information content (AvgIpc) is 2.73. The molecule has 152 valence electrons. The first-order valence-corrected chi connectivity index (χ1v) is 9.04. The molecule has 1 aliphatic rings. The number of benzene rings is 2. The van der Waals surface area contributed by atoms with Crippen molar-refractivity contribution in [3.63, 3.8) is 0 Å². The first-order valence-electron chi connectivity index (χ1n) is 9.04. The van der Waals surface area contributed by atoms with Gasteiger partial charge >= 0.3 is 0 Å². The Hall–Kier alpha value is -2.19. The van der Waals surface area contributed by atoms with E-state index in [1.54, 1.807) is 32.4 Å². The highest BCUT2D eigenvalue weighted by molar-refractivity contribution is 5.42. The van der Waals surface area contributed by atoms with Crippen molar-refractivity contribution in [1.82, 2.24) is 0 Å². The molecule has 0 aliphatic carbocycles. The Kier molecular flexibility index (Phi) is 6.51. The van der Waals surface area contributed by atoms with Gasteiger partial charge < -0.3 is 29.5 Å². The zero-order chi connectivity index (χ0) is 20.3. The summed E-state index contributed by atoms with van der Waals surface area (Å²) in [7, 11) is 3.17. The molecule has 5 unspecified atom stereocenters. The molecular formula is C21H25FO6. The van der Waals surface area contributed by atoms with Gasteiger partial charge in [0.15, 0.2) is 6.17 Å². The summed E-state index contributed by atoms with van der Waals surface area (Å²) in [5.74, 6) is 1.42. The van der Waals surface area contributed by atoms with E-state index in [1.165, 1.54) is 0 Å². The summed E-state index contributed by atoms with van der Waals surface area (Å²) < 4.78 is 30.1. The van der Waals surface area contributed by atoms with E-state index in [4.69, 9.17) is 14.2 Å². The highest BCUT2D eigenvalue weighted by Gasteiger charge is 2.45. The second-order valence-corrected chi connectivity index (χ2v) is 6.80. The van der Waals surface area contributed by atoms with Crippen LogP contribution in [0.25, 0.3) is 0 Å². The first-order chi connectivity index (χ1) is 13.5. The van der Waals surface area contributed by atoms with Gasteiger partial charge in [-0.1, -0.05) is 18.2 Å². The number of halogens is 1. The van der Waals surface area contributed by atoms with Gasteiger partial charge in [0.2, 0.25) is 0 Å². The molecule has 28 heavy (non-hydrogen) atoms. The topological polar surface area (TPSA) is 88.4 Å². The van der Waals surface area contributed by atoms with Crippen molar-refractivity contribution in [2.24, 2.45) is 0 Å². The Morgan fingerprint density at radius 3 is 2.32 bits per heavy atom. The molecule has 0 spiro atoms. The SMILES string of the molecule is COc1ccc(Cc2cc(C3OC(CO)C(F)C(O)C3O)ccc2OC)cc1. The van der Waals surface area contributed by atoms with Crippen LogP contribution < -0.4 is 9.47 Å². The lowest BCUT2D eigenvalue weighted by molar-refractivity contribution is -0.214. The molecule has 1 heterocycles. The number of ether oxygens (including phenoxy) is 3. The molecule has 3 rings (SSSR count). The fourth-order valence-electron chi connectivity index (χ4n) is 3.43. The number of methoxy groups -OCH3 is 2. The molecule has 0 saturated carbocycles. The normalized spacial score (nSPS) is 27.4. The van der Waals surface area contributed by atoms with Gasteiger partial charge in [0.1, 0.15) is 35.9 Å². The van der Waals surface area contributed by atoms with Crippen LogP contribution in [0.4, 0.5) is 4.39 Å². The lowest BCUT2D eigenvalue weighted by Gasteiger charge is -2.39. The molecule has 3 N–H and O–H groups in total. The molecule has 0 radical (unpaired) electrons. The van der Waals surface area contributed by atoms with E-state index < -0.39 is 37.2 Å². The van der Waals surface area contributed by atoms with Crippen molar-refractivity contribution in [3.8, 4) is 11.5 Å². The van der Waals surface area contributed by atoms with E-state index in [1.807, 2.05) is 24.3 Å². The van der Waals surface area contributed by atoms with Gasteiger partial charge in [-0.3, -0.25) is 0 Å². The lowest BCUT2D eigenvalue weighted by Crippen LogP contribution is -2.53. The van der Waals surface area contributed by atoms with Gasteiger partial charge in [-0.25, -0.2) is 4.39 Å². The van der Waals surface area contributed by atoms with Crippen LogP contribution >= 0.6 is 0 Å². The molecule has 1 fully saturated rings. The van der Waals surface area contributed by atoms with Crippen molar-refractivity contribution in [1.29, 1.82) is 0 Å². The van der Waals surface area contributed by atoms with E-state index in [0.29, 0.717) is 17.7 Å². The largest absolute Gasteiger partial charge is 0.497 e. The second-order valence-electron chi connectivity index (χ2n) is 6.80. The molecule has 1 saturated heterocycles. The molecular weight excluding hydrogens is 367 g/mol. The maximum absolute atomic E-state index is 14.0. The number of alkyl halides is 1. The summed E-state index contributed by atoms with van der Waals surface area (Å²) in [6.45, 7) is -0.587. The van der Waals surface area contributed by atoms with Crippen LogP contribution in [0.3, 0.4) is 0 Å². The molecule has 2 aromatic carbocycles. The number of aliphatic hydroxyl groups excluding tert-OH is 3. The minimum absolute atomic E-state index is 0.557. The van der Waals surface area contributed by atoms with E-state index >= 15 is 0 Å². The third-order valence-corrected chi connectivity index (χ3v) is 5.03. The van der Waals surface area contributed by atoms with Crippen molar-refractivity contribution in [3.05, 3.63) is 59.2 Å². The summed E-state index contributed by atoms with van der Waals surface area (Å²) in [4.78, 5) is 0. The van der Waals surface area contributed by atoms with Crippen LogP contribution in [-0.4, -0.2) is 60.6 Å². The van der Waals surface area contributed by atoms with E-state index in [-0.39, 0.29) is 0 Å². The van der Waals surface area contributed by atoms with Gasteiger partial charge in [-0.15, -0.1) is 0 Å². The summed E-state index contributed by atoms with van der Waals surface area (Å²) in [5, 5.41) is 29.6. The molecule has 5 atom stereocenters. The Labute approximate surface area is 163 Å². The van der Waals surface area contributed by atoms with Crippen molar-refractivity contribution < 1.29 is 33.9 Å². The van der Waals surface area contributed by atoms with Gasteiger partial charge in [-0.05, 0) is 41.0 Å². The van der Waals surface area contributed by atoms with Gasteiger partial charge in [0, 0.05) is 6.42 Å². The average molecular weight is 392 g/mol. The monoisotopic (exact) mass is 392 g/mol. The lowest BCUT2D eigenvalue weighted by atomic mass is 9.90. The molecule has 1 aliphatic heterocycles. The number of rotatable bonds is 6. The Morgan fingerprint density at radius 1 is 1.00 bits per heavy atom. The van der Waals surface area contributed by atoms with Crippen LogP contribution in [0.1, 0.15) is 22.8 Å². The van der Waals surface area contributed by atoms with E-state index in [2.05, 4.69) is 0 Å². The summed E-state index contributed by atoms with van der Waals surface area (Å²) in [6, 6.07) is 12.9. The smallest absolute Gasteiger partial charge is 0.157 e. The Bertz CT molecular complexity index is 779. The minimum atomic E-state index is -1.85. The maximum Gasteiger partial charge on any atom is 0.157 e. The molecule has 2 aromatic rings. The molecule has 0 amide bonds. The fraction of sp³-hybridized carbons (Fsp3) is 0.429. The standard InChI is InChI=1S/C21H25FO6/c1-26-15-6-3-12(4-7-15)9-14-10-13(5-8-16(14)27-2)21-20(25)19(24)18(22)17(11-23)28-21/h3-8,10,17-21,23-25H,9,11H2,1-2H3. The van der Waals surface area contributed by atoms with Gasteiger partial charge in [0.25, 0.3) is 0 Å². The predicted octanol–water partition coefficient (Wildman–Crippen LogP) is 1.79. The summed E-state index contributed by atoms with van der Waals surface area (Å²) in [6.07, 6.45) is -6.53. The summed E-state index contributed by atoms with van der Waals surface area (Å²) in [5.41, 5.74) is 2.44. The molecule has 7 heteroatoms. The van der Waals surface area contributed by atoms with Crippen LogP contribution in [0.15, 0.2) is 42.5 Å². The van der Waals surface area contributed by atoms with Crippen LogP contribution in [0.2, 0.25) is 0 Å². The third kappa shape index (κ3) is 4.12. The summed E-state index contributed by atoms with van der Waals surface area (Å²) >= 11 is 0. The minimum Gasteiger partial charge on any atom is -0.497 e. The van der Waals surface area contributed by atoms with E-state index in [0.717, 1.165) is 16.9 Å². The highest BCUT2D eigenvalue weighted by atomic mass is 19.1. The van der Waals surface area contributed by atoms with Gasteiger partial charge in [-0.2, -0.15) is 0 Å². The Morgan fingerprint density at radius 2 is 1.71 bits per heavy atom. The molecule has 6 nitrogen and oxygen atoms in total. The van der Waals surface area contributed by atoms with Crippen molar-refractivity contribution >= 4 is 0 Å². The van der Waals surface area contributed by atoms with E-state index in [9.17, 15) is 19.7 Å². The number of hydrogen-bond donors (Lipinski definition) is 3. The zero-order valence-electron chi connectivity index (χ0n) is 15.8. The maximum atomic E-state index is 14.0. The second kappa shape index (κ2) is 8.87. The van der Waals surface area contributed by atoms with Crippen LogP contribution in [0.5, 0.6) is 11.5 Å². The first kappa shape index (κ1) is 20.5. The number of aliphatic hydroxyl groups is 3. The predicted molar refractivity (Wildman–Crippen MR) is 100 cm³/mol. The third-order valence-electron chi connectivity index (χ3n) is 5.03. The molecule has 0 bridgehead atoms. The van der Waals surface area contributed by atoms with Crippen molar-refractivity contribution in [2.75, 3.05) is 20.8 Å². The molecule has 0 aromatic heterocycles.